The molecule has 2 rings (SSSR count). The van der Waals surface area contributed by atoms with Gasteiger partial charge in [-0.2, -0.15) is 13.2 Å². The largest absolute Gasteiger partial charge is 0.406 e. The standard InChI is InChI=1S/C14H15F3N4OS/c1-8(2)10-11(19-5-4-18-10)12-20-6-9(23-12)13(22)21(3)7-14(15,16)17/h4-6,8H,7H2,1-3H3. The summed E-state index contributed by atoms with van der Waals surface area (Å²) in [7, 11) is 1.11. The molecule has 0 bridgehead atoms. The van der Waals surface area contributed by atoms with E-state index in [-0.39, 0.29) is 10.8 Å². The van der Waals surface area contributed by atoms with E-state index in [1.165, 1.54) is 12.4 Å². The van der Waals surface area contributed by atoms with Crippen LogP contribution in [0.15, 0.2) is 18.6 Å². The van der Waals surface area contributed by atoms with Gasteiger partial charge >= 0.3 is 6.18 Å². The highest BCUT2D eigenvalue weighted by atomic mass is 32.1. The molecule has 0 aliphatic heterocycles. The number of hydrogen-bond acceptors (Lipinski definition) is 5. The van der Waals surface area contributed by atoms with E-state index in [0.717, 1.165) is 24.1 Å². The summed E-state index contributed by atoms with van der Waals surface area (Å²) in [5.74, 6) is -0.615. The van der Waals surface area contributed by atoms with Crippen molar-refractivity contribution in [1.82, 2.24) is 19.9 Å². The SMILES string of the molecule is CC(C)c1nccnc1-c1ncc(C(=O)N(C)CC(F)(F)F)s1. The van der Waals surface area contributed by atoms with Crippen LogP contribution in [0.1, 0.15) is 35.1 Å². The molecule has 9 heteroatoms. The molecule has 0 unspecified atom stereocenters. The maximum absolute atomic E-state index is 12.4. The molecule has 0 saturated heterocycles. The monoisotopic (exact) mass is 344 g/mol. The Morgan fingerprint density at radius 3 is 2.52 bits per heavy atom. The van der Waals surface area contributed by atoms with Gasteiger partial charge in [0.25, 0.3) is 5.91 Å². The molecule has 0 radical (unpaired) electrons. The Labute approximate surface area is 135 Å². The van der Waals surface area contributed by atoms with Crippen molar-refractivity contribution in [2.45, 2.75) is 25.9 Å². The number of carbonyl (C=O) groups is 1. The zero-order valence-corrected chi connectivity index (χ0v) is 13.6. The fourth-order valence-electron chi connectivity index (χ4n) is 1.95. The number of nitrogens with zero attached hydrogens (tertiary/aromatic N) is 4. The minimum absolute atomic E-state index is 0.106. The van der Waals surface area contributed by atoms with Crippen LogP contribution in [0.2, 0.25) is 0 Å². The van der Waals surface area contributed by atoms with Crippen LogP contribution in [0.4, 0.5) is 13.2 Å². The highest BCUT2D eigenvalue weighted by Gasteiger charge is 2.32. The zero-order chi connectivity index (χ0) is 17.2. The molecule has 0 aliphatic rings. The van der Waals surface area contributed by atoms with Crippen molar-refractivity contribution in [3.05, 3.63) is 29.2 Å². The Hall–Kier alpha value is -2.03. The van der Waals surface area contributed by atoms with Crippen molar-refractivity contribution in [2.75, 3.05) is 13.6 Å². The predicted molar refractivity (Wildman–Crippen MR) is 80.2 cm³/mol. The second kappa shape index (κ2) is 6.61. The summed E-state index contributed by atoms with van der Waals surface area (Å²) in [5.41, 5.74) is 1.27. The second-order valence-electron chi connectivity index (χ2n) is 5.25. The molecular weight excluding hydrogens is 329 g/mol. The first kappa shape index (κ1) is 17.3. The van der Waals surface area contributed by atoms with Crippen LogP contribution in [0, 0.1) is 0 Å². The van der Waals surface area contributed by atoms with E-state index >= 15 is 0 Å². The number of alkyl halides is 3. The van der Waals surface area contributed by atoms with Crippen LogP contribution in [0.5, 0.6) is 0 Å². The fraction of sp³-hybridized carbons (Fsp3) is 0.429. The second-order valence-corrected chi connectivity index (χ2v) is 6.28. The van der Waals surface area contributed by atoms with Gasteiger partial charge < -0.3 is 4.90 Å². The van der Waals surface area contributed by atoms with E-state index in [4.69, 9.17) is 0 Å². The van der Waals surface area contributed by atoms with Gasteiger partial charge in [0.2, 0.25) is 0 Å². The normalized spacial score (nSPS) is 11.8. The summed E-state index contributed by atoms with van der Waals surface area (Å²) < 4.78 is 37.1. The molecule has 2 heterocycles. The molecular formula is C14H15F3N4OS. The third kappa shape index (κ3) is 4.25. The van der Waals surface area contributed by atoms with Crippen molar-refractivity contribution in [3.63, 3.8) is 0 Å². The summed E-state index contributed by atoms with van der Waals surface area (Å²) in [6.07, 6.45) is -0.0862. The summed E-state index contributed by atoms with van der Waals surface area (Å²) in [5, 5.41) is 0.463. The van der Waals surface area contributed by atoms with Crippen molar-refractivity contribution in [2.24, 2.45) is 0 Å². The topological polar surface area (TPSA) is 59.0 Å². The Morgan fingerprint density at radius 1 is 1.26 bits per heavy atom. The highest BCUT2D eigenvalue weighted by Crippen LogP contribution is 2.29. The van der Waals surface area contributed by atoms with Gasteiger partial charge in [0.05, 0.1) is 11.9 Å². The molecule has 0 aliphatic carbocycles. The molecule has 0 spiro atoms. The Bertz CT molecular complexity index is 699. The van der Waals surface area contributed by atoms with Gasteiger partial charge in [-0.1, -0.05) is 13.8 Å². The molecule has 0 N–H and O–H groups in total. The molecule has 0 saturated carbocycles. The van der Waals surface area contributed by atoms with Crippen molar-refractivity contribution in [3.8, 4) is 10.7 Å². The van der Waals surface area contributed by atoms with Crippen LogP contribution < -0.4 is 0 Å². The third-order valence-corrected chi connectivity index (χ3v) is 3.95. The Kier molecular flexibility index (Phi) is 4.98. The molecule has 1 amide bonds. The van der Waals surface area contributed by atoms with E-state index < -0.39 is 18.6 Å². The van der Waals surface area contributed by atoms with Crippen molar-refractivity contribution >= 4 is 17.2 Å². The molecule has 0 aromatic carbocycles. The van der Waals surface area contributed by atoms with E-state index in [2.05, 4.69) is 15.0 Å². The first-order chi connectivity index (χ1) is 10.7. The number of aromatic nitrogens is 3. The van der Waals surface area contributed by atoms with Gasteiger partial charge in [0, 0.05) is 19.4 Å². The average molecular weight is 344 g/mol. The van der Waals surface area contributed by atoms with Gasteiger partial charge in [-0.05, 0) is 5.92 Å². The Balaban J connectivity index is 2.26. The number of carbonyl (C=O) groups excluding carboxylic acids is 1. The fourth-order valence-corrected chi connectivity index (χ4v) is 2.86. The van der Waals surface area contributed by atoms with Gasteiger partial charge in [-0.3, -0.25) is 14.8 Å². The number of amides is 1. The molecule has 0 atom stereocenters. The maximum Gasteiger partial charge on any atom is 0.406 e. The molecule has 23 heavy (non-hydrogen) atoms. The molecule has 2 aromatic rings. The molecule has 5 nitrogen and oxygen atoms in total. The first-order valence-corrected chi connectivity index (χ1v) is 7.60. The van der Waals surface area contributed by atoms with Gasteiger partial charge in [0.1, 0.15) is 22.1 Å². The average Bonchev–Trinajstić information content (AvgIpc) is 2.94. The summed E-state index contributed by atoms with van der Waals surface area (Å²) in [6, 6.07) is 0. The summed E-state index contributed by atoms with van der Waals surface area (Å²) in [6.45, 7) is 2.59. The lowest BCUT2D eigenvalue weighted by atomic mass is 10.1. The van der Waals surface area contributed by atoms with Crippen LogP contribution in [-0.2, 0) is 0 Å². The number of hydrogen-bond donors (Lipinski definition) is 0. The molecule has 2 aromatic heterocycles. The van der Waals surface area contributed by atoms with Crippen LogP contribution in [-0.4, -0.2) is 45.5 Å². The van der Waals surface area contributed by atoms with E-state index in [9.17, 15) is 18.0 Å². The first-order valence-electron chi connectivity index (χ1n) is 6.78. The smallest absolute Gasteiger partial charge is 0.332 e. The quantitative estimate of drug-likeness (QED) is 0.853. The van der Waals surface area contributed by atoms with Crippen LogP contribution in [0.3, 0.4) is 0 Å². The molecule has 0 fully saturated rings. The lowest BCUT2D eigenvalue weighted by molar-refractivity contribution is -0.138. The molecule has 124 valence electrons. The van der Waals surface area contributed by atoms with Gasteiger partial charge in [-0.15, -0.1) is 11.3 Å². The number of rotatable bonds is 4. The van der Waals surface area contributed by atoms with Gasteiger partial charge in [0.15, 0.2) is 0 Å². The lowest BCUT2D eigenvalue weighted by Gasteiger charge is -2.17. The predicted octanol–water partition coefficient (Wildman–Crippen LogP) is 3.36. The van der Waals surface area contributed by atoms with E-state index in [0.29, 0.717) is 15.6 Å². The van der Waals surface area contributed by atoms with Gasteiger partial charge in [-0.25, -0.2) is 4.98 Å². The Morgan fingerprint density at radius 2 is 1.91 bits per heavy atom. The van der Waals surface area contributed by atoms with E-state index in [1.54, 1.807) is 6.20 Å². The summed E-state index contributed by atoms with van der Waals surface area (Å²) in [4.78, 5) is 25.4. The third-order valence-electron chi connectivity index (χ3n) is 2.96. The van der Waals surface area contributed by atoms with Crippen LogP contribution >= 0.6 is 11.3 Å². The van der Waals surface area contributed by atoms with Crippen molar-refractivity contribution in [1.29, 1.82) is 0 Å². The summed E-state index contributed by atoms with van der Waals surface area (Å²) >= 11 is 1.01. The maximum atomic E-state index is 12.4. The minimum Gasteiger partial charge on any atom is -0.332 e. The number of halogens is 3. The van der Waals surface area contributed by atoms with E-state index in [1.807, 2.05) is 13.8 Å². The van der Waals surface area contributed by atoms with Crippen molar-refractivity contribution < 1.29 is 18.0 Å². The lowest BCUT2D eigenvalue weighted by Crippen LogP contribution is -2.35. The zero-order valence-electron chi connectivity index (χ0n) is 12.8. The number of thiazole rings is 1. The van der Waals surface area contributed by atoms with Crippen LogP contribution in [0.25, 0.3) is 10.7 Å². The highest BCUT2D eigenvalue weighted by molar-refractivity contribution is 7.16. The minimum atomic E-state index is -4.44.